The van der Waals surface area contributed by atoms with E-state index in [-0.39, 0.29) is 0 Å². The quantitative estimate of drug-likeness (QED) is 0.554. The van der Waals surface area contributed by atoms with Gasteiger partial charge >= 0.3 is 0 Å². The van der Waals surface area contributed by atoms with Crippen molar-refractivity contribution >= 4 is 21.6 Å². The zero-order valence-corrected chi connectivity index (χ0v) is 7.86. The van der Waals surface area contributed by atoms with E-state index in [1.165, 1.54) is 25.7 Å². The first kappa shape index (κ1) is 7.11. The summed E-state index contributed by atoms with van der Waals surface area (Å²) in [6, 6.07) is 0. The van der Waals surface area contributed by atoms with Crippen LogP contribution in [0, 0.1) is 0 Å². The first-order valence-electron chi connectivity index (χ1n) is 3.97. The molecule has 1 aliphatic carbocycles. The van der Waals surface area contributed by atoms with Crippen LogP contribution in [-0.2, 0) is 0 Å². The molecule has 0 N–H and O–H groups in total. The maximum atomic E-state index is 2.27. The lowest BCUT2D eigenvalue weighted by atomic mass is 10.2. The van der Waals surface area contributed by atoms with Crippen LogP contribution in [0.2, 0.25) is 0 Å². The molecule has 0 spiro atoms. The van der Waals surface area contributed by atoms with Gasteiger partial charge in [0, 0.05) is 5.25 Å². The molecule has 0 aromatic heterocycles. The lowest BCUT2D eigenvalue weighted by molar-refractivity contribution is 0.895. The monoisotopic (exact) mass is 172 g/mol. The standard InChI is InChI=1S/C8H12S2/c1-2-7-6-4-3-5-8(6)10-9-7/h8H,2-5H2,1H3. The van der Waals surface area contributed by atoms with E-state index in [2.05, 4.69) is 17.7 Å². The van der Waals surface area contributed by atoms with Crippen LogP contribution in [-0.4, -0.2) is 5.25 Å². The van der Waals surface area contributed by atoms with E-state index in [9.17, 15) is 0 Å². The molecule has 1 heterocycles. The van der Waals surface area contributed by atoms with Crippen LogP contribution in [0.1, 0.15) is 32.6 Å². The highest BCUT2D eigenvalue weighted by molar-refractivity contribution is 8.78. The highest BCUT2D eigenvalue weighted by Crippen LogP contribution is 2.54. The van der Waals surface area contributed by atoms with Gasteiger partial charge in [0.25, 0.3) is 0 Å². The van der Waals surface area contributed by atoms with Gasteiger partial charge in [-0.3, -0.25) is 0 Å². The molecule has 0 amide bonds. The molecule has 1 saturated carbocycles. The van der Waals surface area contributed by atoms with Gasteiger partial charge in [0.1, 0.15) is 0 Å². The zero-order valence-electron chi connectivity index (χ0n) is 6.22. The number of hydrogen-bond donors (Lipinski definition) is 0. The molecule has 0 saturated heterocycles. The normalized spacial score (nSPS) is 31.5. The Balaban J connectivity index is 2.22. The molecule has 0 nitrogen and oxygen atoms in total. The predicted octanol–water partition coefficient (Wildman–Crippen LogP) is 3.60. The molecule has 0 aromatic rings. The van der Waals surface area contributed by atoms with E-state index in [0.29, 0.717) is 0 Å². The molecule has 1 aliphatic heterocycles. The molecule has 2 rings (SSSR count). The van der Waals surface area contributed by atoms with Gasteiger partial charge in [0.2, 0.25) is 0 Å². The Labute approximate surface area is 70.2 Å². The van der Waals surface area contributed by atoms with Gasteiger partial charge in [0.15, 0.2) is 0 Å². The Morgan fingerprint density at radius 3 is 3.30 bits per heavy atom. The fraction of sp³-hybridized carbons (Fsp3) is 0.750. The minimum Gasteiger partial charge on any atom is -0.0813 e. The highest BCUT2D eigenvalue weighted by atomic mass is 33.1. The first-order valence-corrected chi connectivity index (χ1v) is 6.18. The zero-order chi connectivity index (χ0) is 6.97. The van der Waals surface area contributed by atoms with E-state index >= 15 is 0 Å². The molecule has 10 heavy (non-hydrogen) atoms. The van der Waals surface area contributed by atoms with Gasteiger partial charge in [-0.05, 0) is 36.2 Å². The van der Waals surface area contributed by atoms with Crippen molar-refractivity contribution in [3.05, 3.63) is 10.5 Å². The van der Waals surface area contributed by atoms with Crippen molar-refractivity contribution in [1.82, 2.24) is 0 Å². The summed E-state index contributed by atoms with van der Waals surface area (Å²) in [4.78, 5) is 1.69. The minimum atomic E-state index is 0.917. The fourth-order valence-corrected chi connectivity index (χ4v) is 5.12. The number of rotatable bonds is 1. The molecule has 56 valence electrons. The third-order valence-electron chi connectivity index (χ3n) is 2.25. The fourth-order valence-electron chi connectivity index (χ4n) is 1.69. The summed E-state index contributed by atoms with van der Waals surface area (Å²) in [6.07, 6.45) is 5.55. The van der Waals surface area contributed by atoms with Crippen molar-refractivity contribution in [1.29, 1.82) is 0 Å². The molecule has 0 bridgehead atoms. The molecule has 1 atom stereocenters. The Bertz CT molecular complexity index is 172. The van der Waals surface area contributed by atoms with Crippen molar-refractivity contribution < 1.29 is 0 Å². The Morgan fingerprint density at radius 2 is 2.50 bits per heavy atom. The molecule has 2 aliphatic rings. The average Bonchev–Trinajstić information content (AvgIpc) is 2.44. The summed E-state index contributed by atoms with van der Waals surface area (Å²) in [5, 5.41) is 0.917. The number of fused-ring (bicyclic) bond motifs is 1. The summed E-state index contributed by atoms with van der Waals surface area (Å²) in [7, 11) is 4.12. The third-order valence-corrected chi connectivity index (χ3v) is 5.44. The van der Waals surface area contributed by atoms with Gasteiger partial charge in [-0.2, -0.15) is 0 Å². The smallest absolute Gasteiger partial charge is 0.0374 e. The van der Waals surface area contributed by atoms with Gasteiger partial charge in [-0.25, -0.2) is 0 Å². The topological polar surface area (TPSA) is 0 Å². The summed E-state index contributed by atoms with van der Waals surface area (Å²) in [5.74, 6) is 0. The first-order chi connectivity index (χ1) is 4.92. The van der Waals surface area contributed by atoms with Crippen molar-refractivity contribution in [2.45, 2.75) is 37.9 Å². The summed E-state index contributed by atoms with van der Waals surface area (Å²) in [6.45, 7) is 2.27. The molecule has 1 unspecified atom stereocenters. The Morgan fingerprint density at radius 1 is 1.60 bits per heavy atom. The van der Waals surface area contributed by atoms with Crippen molar-refractivity contribution in [2.24, 2.45) is 0 Å². The van der Waals surface area contributed by atoms with E-state index in [0.717, 1.165) is 5.25 Å². The van der Waals surface area contributed by atoms with Crippen LogP contribution in [0.5, 0.6) is 0 Å². The Kier molecular flexibility index (Phi) is 2.01. The van der Waals surface area contributed by atoms with Crippen LogP contribution >= 0.6 is 21.6 Å². The molecule has 0 radical (unpaired) electrons. The van der Waals surface area contributed by atoms with Crippen LogP contribution in [0.15, 0.2) is 10.5 Å². The van der Waals surface area contributed by atoms with Gasteiger partial charge in [-0.15, -0.1) is 0 Å². The third kappa shape index (κ3) is 1.02. The van der Waals surface area contributed by atoms with Crippen molar-refractivity contribution in [3.8, 4) is 0 Å². The van der Waals surface area contributed by atoms with Crippen LogP contribution < -0.4 is 0 Å². The maximum Gasteiger partial charge on any atom is 0.0374 e. The van der Waals surface area contributed by atoms with Crippen LogP contribution in [0.3, 0.4) is 0 Å². The molecular weight excluding hydrogens is 160 g/mol. The van der Waals surface area contributed by atoms with E-state index < -0.39 is 0 Å². The predicted molar refractivity (Wildman–Crippen MR) is 50.1 cm³/mol. The molecule has 0 aromatic carbocycles. The minimum absolute atomic E-state index is 0.917. The highest BCUT2D eigenvalue weighted by Gasteiger charge is 2.29. The number of allylic oxidation sites excluding steroid dienone is 1. The second kappa shape index (κ2) is 2.82. The average molecular weight is 172 g/mol. The number of hydrogen-bond acceptors (Lipinski definition) is 2. The van der Waals surface area contributed by atoms with E-state index in [4.69, 9.17) is 0 Å². The lowest BCUT2D eigenvalue weighted by Gasteiger charge is -1.98. The summed E-state index contributed by atoms with van der Waals surface area (Å²) < 4.78 is 0. The van der Waals surface area contributed by atoms with Gasteiger partial charge in [0.05, 0.1) is 0 Å². The summed E-state index contributed by atoms with van der Waals surface area (Å²) in [5.41, 5.74) is 1.79. The van der Waals surface area contributed by atoms with E-state index in [1.54, 1.807) is 10.5 Å². The van der Waals surface area contributed by atoms with Crippen molar-refractivity contribution in [3.63, 3.8) is 0 Å². The lowest BCUT2D eigenvalue weighted by Crippen LogP contribution is -1.91. The Hall–Kier alpha value is 0.440. The summed E-state index contributed by atoms with van der Waals surface area (Å²) >= 11 is 0. The van der Waals surface area contributed by atoms with E-state index in [1.807, 2.05) is 10.8 Å². The van der Waals surface area contributed by atoms with Gasteiger partial charge in [-0.1, -0.05) is 28.5 Å². The maximum absolute atomic E-state index is 2.27. The van der Waals surface area contributed by atoms with Crippen LogP contribution in [0.25, 0.3) is 0 Å². The molecule has 1 fully saturated rings. The molecular formula is C8H12S2. The largest absolute Gasteiger partial charge is 0.0813 e. The van der Waals surface area contributed by atoms with Gasteiger partial charge < -0.3 is 0 Å². The van der Waals surface area contributed by atoms with Crippen LogP contribution in [0.4, 0.5) is 0 Å². The SMILES string of the molecule is CCC1=C2CCCC2SS1. The van der Waals surface area contributed by atoms with Crippen molar-refractivity contribution in [2.75, 3.05) is 0 Å². The second-order valence-corrected chi connectivity index (χ2v) is 5.36. The second-order valence-electron chi connectivity index (χ2n) is 2.86. The molecule has 2 heteroatoms.